The Labute approximate surface area is 138 Å². The van der Waals surface area contributed by atoms with E-state index in [2.05, 4.69) is 4.98 Å². The minimum Gasteiger partial charge on any atom is -0.491 e. The molecule has 1 N–H and O–H groups in total. The highest BCUT2D eigenvalue weighted by Gasteiger charge is 2.20. The summed E-state index contributed by atoms with van der Waals surface area (Å²) in [6.07, 6.45) is 4.02. The minimum atomic E-state index is -0.334. The molecule has 5 nitrogen and oxygen atoms in total. The standard InChI is InChI=1S/C18H17FN2O3/c1-24-17-11-20-15(10-16(17)22)18(23)21-8-6-13(7-9-21)12-2-4-14(19)5-3-12/h2-6,10-11H,7-9H2,1H3,(H,20,22). The van der Waals surface area contributed by atoms with E-state index in [1.54, 1.807) is 17.0 Å². The van der Waals surface area contributed by atoms with E-state index in [0.29, 0.717) is 19.5 Å². The first-order chi connectivity index (χ1) is 11.6. The van der Waals surface area contributed by atoms with Crippen LogP contribution in [-0.4, -0.2) is 36.0 Å². The van der Waals surface area contributed by atoms with E-state index in [9.17, 15) is 14.0 Å². The molecule has 0 fully saturated rings. The van der Waals surface area contributed by atoms with Crippen LogP contribution >= 0.6 is 0 Å². The van der Waals surface area contributed by atoms with Crippen molar-refractivity contribution in [1.29, 1.82) is 0 Å². The van der Waals surface area contributed by atoms with Gasteiger partial charge >= 0.3 is 0 Å². The summed E-state index contributed by atoms with van der Waals surface area (Å²) in [5, 5.41) is 0. The highest BCUT2D eigenvalue weighted by Crippen LogP contribution is 2.23. The van der Waals surface area contributed by atoms with Crippen LogP contribution in [0.15, 0.2) is 47.4 Å². The number of nitrogens with zero attached hydrogens (tertiary/aromatic N) is 1. The third-order valence-electron chi connectivity index (χ3n) is 4.04. The molecule has 0 saturated carbocycles. The Kier molecular flexibility index (Phi) is 4.46. The first-order valence-corrected chi connectivity index (χ1v) is 7.59. The number of ether oxygens (including phenoxy) is 1. The summed E-state index contributed by atoms with van der Waals surface area (Å²) in [5.41, 5.74) is 1.95. The summed E-state index contributed by atoms with van der Waals surface area (Å²) in [5.74, 6) is -0.330. The SMILES string of the molecule is COc1c[nH]c(C(=O)N2CC=C(c3ccc(F)cc3)CC2)cc1=O. The maximum Gasteiger partial charge on any atom is 0.270 e. The molecule has 0 aliphatic carbocycles. The molecule has 3 rings (SSSR count). The Morgan fingerprint density at radius 3 is 2.62 bits per heavy atom. The van der Waals surface area contributed by atoms with E-state index in [1.165, 1.54) is 31.5 Å². The van der Waals surface area contributed by atoms with Crippen molar-refractivity contribution in [1.82, 2.24) is 9.88 Å². The number of hydrogen-bond donors (Lipinski definition) is 1. The van der Waals surface area contributed by atoms with E-state index in [-0.39, 0.29) is 28.6 Å². The number of amides is 1. The molecule has 1 aromatic carbocycles. The Balaban J connectivity index is 1.73. The number of aromatic nitrogens is 1. The van der Waals surface area contributed by atoms with Gasteiger partial charge in [0, 0.05) is 25.4 Å². The number of pyridine rings is 1. The normalized spacial score (nSPS) is 14.2. The maximum absolute atomic E-state index is 13.0. The average Bonchev–Trinajstić information content (AvgIpc) is 2.62. The van der Waals surface area contributed by atoms with Gasteiger partial charge in [-0.2, -0.15) is 0 Å². The fourth-order valence-electron chi connectivity index (χ4n) is 2.69. The van der Waals surface area contributed by atoms with Crippen molar-refractivity contribution < 1.29 is 13.9 Å². The number of aromatic amines is 1. The van der Waals surface area contributed by atoms with Crippen LogP contribution in [-0.2, 0) is 0 Å². The maximum atomic E-state index is 13.0. The predicted octanol–water partition coefficient (Wildman–Crippen LogP) is 2.45. The zero-order valence-electron chi connectivity index (χ0n) is 13.2. The quantitative estimate of drug-likeness (QED) is 0.941. The Hall–Kier alpha value is -2.89. The van der Waals surface area contributed by atoms with Crippen LogP contribution in [0.5, 0.6) is 5.75 Å². The van der Waals surface area contributed by atoms with Crippen LogP contribution in [0.2, 0.25) is 0 Å². The van der Waals surface area contributed by atoms with Gasteiger partial charge in [-0.25, -0.2) is 4.39 Å². The van der Waals surface area contributed by atoms with Crippen molar-refractivity contribution >= 4 is 11.5 Å². The fourth-order valence-corrected chi connectivity index (χ4v) is 2.69. The third-order valence-corrected chi connectivity index (χ3v) is 4.04. The molecule has 6 heteroatoms. The zero-order chi connectivity index (χ0) is 17.1. The molecule has 2 aromatic rings. The predicted molar refractivity (Wildman–Crippen MR) is 88.5 cm³/mol. The number of carbonyl (C=O) groups excluding carboxylic acids is 1. The molecule has 1 aromatic heterocycles. The zero-order valence-corrected chi connectivity index (χ0v) is 13.2. The van der Waals surface area contributed by atoms with Gasteiger partial charge in [0.25, 0.3) is 5.91 Å². The van der Waals surface area contributed by atoms with Gasteiger partial charge in [-0.15, -0.1) is 0 Å². The largest absolute Gasteiger partial charge is 0.491 e. The second-order valence-electron chi connectivity index (χ2n) is 5.52. The summed E-state index contributed by atoms with van der Waals surface area (Å²) in [4.78, 5) is 28.7. The topological polar surface area (TPSA) is 62.4 Å². The molecule has 0 unspecified atom stereocenters. The minimum absolute atomic E-state index is 0.170. The molecule has 0 bridgehead atoms. The van der Waals surface area contributed by atoms with E-state index in [0.717, 1.165) is 11.1 Å². The smallest absolute Gasteiger partial charge is 0.270 e. The second kappa shape index (κ2) is 6.70. The molecular formula is C18H17FN2O3. The molecule has 124 valence electrons. The number of hydrogen-bond acceptors (Lipinski definition) is 3. The highest BCUT2D eigenvalue weighted by atomic mass is 19.1. The summed E-state index contributed by atoms with van der Waals surface area (Å²) in [6, 6.07) is 7.57. The van der Waals surface area contributed by atoms with Crippen molar-refractivity contribution in [3.8, 4) is 5.75 Å². The van der Waals surface area contributed by atoms with Gasteiger partial charge in [0.05, 0.1) is 7.11 Å². The average molecular weight is 328 g/mol. The summed E-state index contributed by atoms with van der Waals surface area (Å²) in [7, 11) is 1.40. The third kappa shape index (κ3) is 3.22. The van der Waals surface area contributed by atoms with E-state index in [1.807, 2.05) is 6.08 Å². The van der Waals surface area contributed by atoms with Gasteiger partial charge in [-0.05, 0) is 29.7 Å². The summed E-state index contributed by atoms with van der Waals surface area (Å²) in [6.45, 7) is 0.982. The molecule has 0 saturated heterocycles. The number of benzene rings is 1. The number of rotatable bonds is 3. The first-order valence-electron chi connectivity index (χ1n) is 7.59. The fraction of sp³-hybridized carbons (Fsp3) is 0.222. The van der Waals surface area contributed by atoms with Crippen molar-refractivity contribution in [2.45, 2.75) is 6.42 Å². The lowest BCUT2D eigenvalue weighted by atomic mass is 9.99. The second-order valence-corrected chi connectivity index (χ2v) is 5.52. The number of halogens is 1. The Morgan fingerprint density at radius 1 is 1.29 bits per heavy atom. The molecule has 0 spiro atoms. The van der Waals surface area contributed by atoms with Crippen LogP contribution in [0, 0.1) is 5.82 Å². The number of carbonyl (C=O) groups is 1. The summed E-state index contributed by atoms with van der Waals surface area (Å²) < 4.78 is 17.9. The monoisotopic (exact) mass is 328 g/mol. The lowest BCUT2D eigenvalue weighted by molar-refractivity contribution is 0.0767. The molecule has 1 amide bonds. The first kappa shape index (κ1) is 16.0. The number of methoxy groups -OCH3 is 1. The molecule has 0 radical (unpaired) electrons. The van der Waals surface area contributed by atoms with Crippen LogP contribution in [0.1, 0.15) is 22.5 Å². The van der Waals surface area contributed by atoms with Gasteiger partial charge < -0.3 is 14.6 Å². The van der Waals surface area contributed by atoms with Crippen molar-refractivity contribution in [3.05, 3.63) is 69.9 Å². The van der Waals surface area contributed by atoms with Gasteiger partial charge in [0.1, 0.15) is 11.5 Å². The van der Waals surface area contributed by atoms with Crippen molar-refractivity contribution in [2.75, 3.05) is 20.2 Å². The van der Waals surface area contributed by atoms with E-state index >= 15 is 0 Å². The lowest BCUT2D eigenvalue weighted by Gasteiger charge is -2.26. The van der Waals surface area contributed by atoms with Crippen LogP contribution in [0.3, 0.4) is 0 Å². The highest BCUT2D eigenvalue weighted by molar-refractivity contribution is 5.93. The molecule has 24 heavy (non-hydrogen) atoms. The molecule has 2 heterocycles. The van der Waals surface area contributed by atoms with Crippen molar-refractivity contribution in [3.63, 3.8) is 0 Å². The van der Waals surface area contributed by atoms with Crippen LogP contribution in [0.25, 0.3) is 5.57 Å². The van der Waals surface area contributed by atoms with Gasteiger partial charge in [-0.1, -0.05) is 18.2 Å². The van der Waals surface area contributed by atoms with Gasteiger partial charge in [0.15, 0.2) is 5.75 Å². The molecular weight excluding hydrogens is 311 g/mol. The Bertz CT molecular complexity index is 840. The number of H-pyrrole nitrogens is 1. The lowest BCUT2D eigenvalue weighted by Crippen LogP contribution is -2.35. The molecule has 1 aliphatic heterocycles. The van der Waals surface area contributed by atoms with Crippen LogP contribution < -0.4 is 10.2 Å². The van der Waals surface area contributed by atoms with Gasteiger partial charge in [0.2, 0.25) is 5.43 Å². The van der Waals surface area contributed by atoms with E-state index < -0.39 is 0 Å². The van der Waals surface area contributed by atoms with Crippen molar-refractivity contribution in [2.24, 2.45) is 0 Å². The van der Waals surface area contributed by atoms with Gasteiger partial charge in [-0.3, -0.25) is 9.59 Å². The van der Waals surface area contributed by atoms with Crippen LogP contribution in [0.4, 0.5) is 4.39 Å². The molecule has 1 aliphatic rings. The molecule has 0 atom stereocenters. The van der Waals surface area contributed by atoms with E-state index in [4.69, 9.17) is 4.74 Å². The summed E-state index contributed by atoms with van der Waals surface area (Å²) >= 11 is 0. The Morgan fingerprint density at radius 2 is 2.04 bits per heavy atom. The number of nitrogens with one attached hydrogen (secondary N) is 1.